The molecule has 5 heteroatoms. The predicted octanol–water partition coefficient (Wildman–Crippen LogP) is 0.778. The fourth-order valence-corrected chi connectivity index (χ4v) is 1.54. The Bertz CT molecular complexity index is 295. The average Bonchev–Trinajstić information content (AvgIpc) is 2.50. The van der Waals surface area contributed by atoms with Gasteiger partial charge in [0.1, 0.15) is 0 Å². The van der Waals surface area contributed by atoms with Gasteiger partial charge in [-0.2, -0.15) is 0 Å². The van der Waals surface area contributed by atoms with Crippen molar-refractivity contribution in [3.63, 3.8) is 0 Å². The van der Waals surface area contributed by atoms with E-state index in [1.807, 2.05) is 14.1 Å². The van der Waals surface area contributed by atoms with Crippen molar-refractivity contribution < 1.29 is 4.42 Å². The van der Waals surface area contributed by atoms with Gasteiger partial charge in [0.25, 0.3) is 0 Å². The zero-order valence-corrected chi connectivity index (χ0v) is 8.66. The third kappa shape index (κ3) is 1.72. The first-order valence-electron chi connectivity index (χ1n) is 5.01. The molecule has 1 N–H and O–H groups in total. The van der Waals surface area contributed by atoms with E-state index in [0.717, 1.165) is 0 Å². The van der Waals surface area contributed by atoms with Crippen molar-refractivity contribution in [1.29, 1.82) is 0 Å². The van der Waals surface area contributed by atoms with Gasteiger partial charge in [0.15, 0.2) is 0 Å². The van der Waals surface area contributed by atoms with Crippen molar-refractivity contribution in [3.8, 4) is 0 Å². The second-order valence-corrected chi connectivity index (χ2v) is 3.70. The van der Waals surface area contributed by atoms with E-state index < -0.39 is 0 Å². The van der Waals surface area contributed by atoms with Gasteiger partial charge < -0.3 is 14.6 Å². The summed E-state index contributed by atoms with van der Waals surface area (Å²) in [5, 5.41) is 10.9. The number of nitrogens with zero attached hydrogens (tertiary/aromatic N) is 3. The van der Waals surface area contributed by atoms with Crippen LogP contribution in [-0.4, -0.2) is 30.3 Å². The molecule has 1 aromatic heterocycles. The van der Waals surface area contributed by atoms with Gasteiger partial charge in [-0.3, -0.25) is 0 Å². The highest BCUT2D eigenvalue weighted by molar-refractivity contribution is 5.25. The van der Waals surface area contributed by atoms with Gasteiger partial charge >= 0.3 is 6.01 Å². The summed E-state index contributed by atoms with van der Waals surface area (Å²) in [6, 6.07) is 1.23. The van der Waals surface area contributed by atoms with Crippen LogP contribution in [0, 0.1) is 0 Å². The van der Waals surface area contributed by atoms with Gasteiger partial charge in [-0.15, -0.1) is 5.10 Å². The van der Waals surface area contributed by atoms with E-state index in [4.69, 9.17) is 4.42 Å². The lowest BCUT2D eigenvalue weighted by atomic mass is 9.92. The summed E-state index contributed by atoms with van der Waals surface area (Å²) in [4.78, 5) is 2.08. The molecule has 5 nitrogen and oxygen atoms in total. The van der Waals surface area contributed by atoms with Crippen LogP contribution in [0.3, 0.4) is 0 Å². The van der Waals surface area contributed by atoms with E-state index in [1.54, 1.807) is 0 Å². The van der Waals surface area contributed by atoms with Crippen molar-refractivity contribution in [2.24, 2.45) is 0 Å². The molecule has 1 aliphatic rings. The van der Waals surface area contributed by atoms with Gasteiger partial charge in [-0.05, 0) is 26.3 Å². The van der Waals surface area contributed by atoms with Crippen molar-refractivity contribution in [2.45, 2.75) is 31.8 Å². The number of rotatable bonds is 4. The molecule has 1 aromatic rings. The highest BCUT2D eigenvalue weighted by atomic mass is 16.4. The third-order valence-electron chi connectivity index (χ3n) is 2.71. The number of aromatic nitrogens is 2. The SMILES string of the molecule is CNCc1nnc(N(C)C2CCC2)o1. The first-order chi connectivity index (χ1) is 6.81. The Morgan fingerprint density at radius 2 is 2.29 bits per heavy atom. The fourth-order valence-electron chi connectivity index (χ4n) is 1.54. The van der Waals surface area contributed by atoms with Gasteiger partial charge in [0.2, 0.25) is 5.89 Å². The molecule has 0 radical (unpaired) electrons. The number of hydrogen-bond acceptors (Lipinski definition) is 5. The van der Waals surface area contributed by atoms with E-state index in [1.165, 1.54) is 19.3 Å². The molecule has 1 fully saturated rings. The molecule has 0 atom stereocenters. The van der Waals surface area contributed by atoms with Crippen molar-refractivity contribution in [1.82, 2.24) is 15.5 Å². The molecule has 1 heterocycles. The van der Waals surface area contributed by atoms with E-state index in [2.05, 4.69) is 20.4 Å². The summed E-state index contributed by atoms with van der Waals surface area (Å²) < 4.78 is 5.48. The quantitative estimate of drug-likeness (QED) is 0.771. The number of hydrogen-bond donors (Lipinski definition) is 1. The summed E-state index contributed by atoms with van der Waals surface area (Å²) in [6.07, 6.45) is 3.78. The van der Waals surface area contributed by atoms with Crippen LogP contribution in [0.4, 0.5) is 6.01 Å². The largest absolute Gasteiger partial charge is 0.407 e. The Balaban J connectivity index is 2.00. The second kappa shape index (κ2) is 3.96. The summed E-state index contributed by atoms with van der Waals surface area (Å²) in [5.74, 6) is 0.647. The first-order valence-corrected chi connectivity index (χ1v) is 5.01. The molecule has 0 unspecified atom stereocenters. The minimum Gasteiger partial charge on any atom is -0.407 e. The van der Waals surface area contributed by atoms with E-state index >= 15 is 0 Å². The number of anilines is 1. The van der Waals surface area contributed by atoms with E-state index in [0.29, 0.717) is 24.5 Å². The van der Waals surface area contributed by atoms with E-state index in [-0.39, 0.29) is 0 Å². The molecular formula is C9H16N4O. The minimum absolute atomic E-state index is 0.595. The zero-order chi connectivity index (χ0) is 9.97. The molecule has 78 valence electrons. The van der Waals surface area contributed by atoms with Crippen LogP contribution in [-0.2, 0) is 6.54 Å². The van der Waals surface area contributed by atoms with Crippen LogP contribution in [0.25, 0.3) is 0 Å². The predicted molar refractivity (Wildman–Crippen MR) is 53.1 cm³/mol. The first kappa shape index (κ1) is 9.45. The van der Waals surface area contributed by atoms with Crippen LogP contribution >= 0.6 is 0 Å². The smallest absolute Gasteiger partial charge is 0.318 e. The summed E-state index contributed by atoms with van der Waals surface area (Å²) in [5.41, 5.74) is 0. The fraction of sp³-hybridized carbons (Fsp3) is 0.778. The minimum atomic E-state index is 0.595. The topological polar surface area (TPSA) is 54.2 Å². The van der Waals surface area contributed by atoms with Crippen LogP contribution < -0.4 is 10.2 Å². The highest BCUT2D eigenvalue weighted by Gasteiger charge is 2.25. The van der Waals surface area contributed by atoms with Gasteiger partial charge in [-0.1, -0.05) is 5.10 Å². The molecule has 0 aromatic carbocycles. The molecule has 1 saturated carbocycles. The maximum absolute atomic E-state index is 5.48. The molecule has 0 bridgehead atoms. The van der Waals surface area contributed by atoms with Crippen LogP contribution in [0.2, 0.25) is 0 Å². The van der Waals surface area contributed by atoms with Gasteiger partial charge in [-0.25, -0.2) is 0 Å². The van der Waals surface area contributed by atoms with Gasteiger partial charge in [0, 0.05) is 13.1 Å². The number of nitrogens with one attached hydrogen (secondary N) is 1. The molecule has 0 aliphatic heterocycles. The van der Waals surface area contributed by atoms with Crippen LogP contribution in [0.15, 0.2) is 4.42 Å². The Labute approximate surface area is 83.5 Å². The Morgan fingerprint density at radius 3 is 2.86 bits per heavy atom. The Kier molecular flexibility index (Phi) is 2.67. The van der Waals surface area contributed by atoms with Crippen LogP contribution in [0.5, 0.6) is 0 Å². The maximum Gasteiger partial charge on any atom is 0.318 e. The molecule has 1 aliphatic carbocycles. The third-order valence-corrected chi connectivity index (χ3v) is 2.71. The normalized spacial score (nSPS) is 16.7. The Morgan fingerprint density at radius 1 is 1.50 bits per heavy atom. The molecule has 0 spiro atoms. The molecule has 14 heavy (non-hydrogen) atoms. The summed E-state index contributed by atoms with van der Waals surface area (Å²) >= 11 is 0. The van der Waals surface area contributed by atoms with Crippen LogP contribution in [0.1, 0.15) is 25.2 Å². The van der Waals surface area contributed by atoms with E-state index in [9.17, 15) is 0 Å². The van der Waals surface area contributed by atoms with Crippen molar-refractivity contribution in [2.75, 3.05) is 19.0 Å². The molecular weight excluding hydrogens is 180 g/mol. The van der Waals surface area contributed by atoms with Gasteiger partial charge in [0.05, 0.1) is 6.54 Å². The lowest BCUT2D eigenvalue weighted by Crippen LogP contribution is -2.37. The average molecular weight is 196 g/mol. The van der Waals surface area contributed by atoms with Crippen molar-refractivity contribution >= 4 is 6.01 Å². The standard InChI is InChI=1S/C9H16N4O/c1-10-6-8-11-12-9(14-8)13(2)7-4-3-5-7/h7,10H,3-6H2,1-2H3. The maximum atomic E-state index is 5.48. The lowest BCUT2D eigenvalue weighted by Gasteiger charge is -2.33. The molecule has 0 amide bonds. The Hall–Kier alpha value is -1.10. The summed E-state index contributed by atoms with van der Waals surface area (Å²) in [6.45, 7) is 0.630. The second-order valence-electron chi connectivity index (χ2n) is 3.70. The monoisotopic (exact) mass is 196 g/mol. The summed E-state index contributed by atoms with van der Waals surface area (Å²) in [7, 11) is 3.88. The zero-order valence-electron chi connectivity index (χ0n) is 8.66. The molecule has 0 saturated heterocycles. The lowest BCUT2D eigenvalue weighted by molar-refractivity contribution is 0.373. The molecule has 2 rings (SSSR count). The highest BCUT2D eigenvalue weighted by Crippen LogP contribution is 2.27. The van der Waals surface area contributed by atoms with Crippen molar-refractivity contribution in [3.05, 3.63) is 5.89 Å².